The number of nitrogens with one attached hydrogen (secondary N) is 1. The van der Waals surface area contributed by atoms with Crippen molar-refractivity contribution in [3.05, 3.63) is 74.3 Å². The minimum atomic E-state index is -0.113. The minimum absolute atomic E-state index is 0.113. The lowest BCUT2D eigenvalue weighted by molar-refractivity contribution is 1.18. The van der Waals surface area contributed by atoms with Gasteiger partial charge in [-0.05, 0) is 37.1 Å². The summed E-state index contributed by atoms with van der Waals surface area (Å²) in [6.07, 6.45) is 0. The SMILES string of the molecule is Cc1ccccc1-c1nc2sc(C)c(-c3ccc(Cl)cc3)c2c(=O)[nH]1. The molecule has 0 atom stereocenters. The highest BCUT2D eigenvalue weighted by Crippen LogP contribution is 2.36. The molecule has 2 aromatic heterocycles. The molecule has 0 saturated heterocycles. The van der Waals surface area contributed by atoms with Crippen molar-refractivity contribution in [2.75, 3.05) is 0 Å². The van der Waals surface area contributed by atoms with E-state index >= 15 is 0 Å². The fraction of sp³-hybridized carbons (Fsp3) is 0.100. The summed E-state index contributed by atoms with van der Waals surface area (Å²) in [5.74, 6) is 0.611. The highest BCUT2D eigenvalue weighted by Gasteiger charge is 2.17. The van der Waals surface area contributed by atoms with Gasteiger partial charge in [-0.3, -0.25) is 4.79 Å². The van der Waals surface area contributed by atoms with E-state index in [4.69, 9.17) is 16.6 Å². The molecule has 0 unspecified atom stereocenters. The number of benzene rings is 2. The fourth-order valence-corrected chi connectivity index (χ4v) is 4.22. The van der Waals surface area contributed by atoms with E-state index in [1.165, 1.54) is 0 Å². The first-order valence-electron chi connectivity index (χ1n) is 7.90. The van der Waals surface area contributed by atoms with E-state index in [0.29, 0.717) is 16.2 Å². The largest absolute Gasteiger partial charge is 0.306 e. The van der Waals surface area contributed by atoms with Crippen LogP contribution in [-0.2, 0) is 0 Å². The van der Waals surface area contributed by atoms with Gasteiger partial charge in [0, 0.05) is 21.0 Å². The number of aromatic nitrogens is 2. The van der Waals surface area contributed by atoms with Crippen molar-refractivity contribution in [2.24, 2.45) is 0 Å². The first-order valence-corrected chi connectivity index (χ1v) is 9.09. The Morgan fingerprint density at radius 2 is 1.76 bits per heavy atom. The molecule has 4 rings (SSSR count). The van der Waals surface area contributed by atoms with Crippen LogP contribution in [0.15, 0.2) is 53.3 Å². The van der Waals surface area contributed by atoms with E-state index < -0.39 is 0 Å². The number of thiophene rings is 1. The molecular formula is C20H15ClN2OS. The van der Waals surface area contributed by atoms with Crippen molar-refractivity contribution >= 4 is 33.2 Å². The number of fused-ring (bicyclic) bond motifs is 1. The van der Waals surface area contributed by atoms with Crippen molar-refractivity contribution in [2.45, 2.75) is 13.8 Å². The summed E-state index contributed by atoms with van der Waals surface area (Å²) >= 11 is 7.53. The molecule has 0 amide bonds. The highest BCUT2D eigenvalue weighted by molar-refractivity contribution is 7.19. The summed E-state index contributed by atoms with van der Waals surface area (Å²) in [7, 11) is 0. The van der Waals surface area contributed by atoms with Crippen LogP contribution in [0, 0.1) is 13.8 Å². The van der Waals surface area contributed by atoms with Gasteiger partial charge in [-0.2, -0.15) is 0 Å². The fourth-order valence-electron chi connectivity index (χ4n) is 3.05. The molecular weight excluding hydrogens is 352 g/mol. The summed E-state index contributed by atoms with van der Waals surface area (Å²) in [4.78, 5) is 22.3. The maximum Gasteiger partial charge on any atom is 0.260 e. The molecule has 0 saturated carbocycles. The van der Waals surface area contributed by atoms with Gasteiger partial charge < -0.3 is 4.98 Å². The monoisotopic (exact) mass is 366 g/mol. The Hall–Kier alpha value is -2.43. The Bertz CT molecular complexity index is 1140. The number of halogens is 1. The van der Waals surface area contributed by atoms with Crippen LogP contribution in [0.5, 0.6) is 0 Å². The third-order valence-electron chi connectivity index (χ3n) is 4.27. The zero-order valence-electron chi connectivity index (χ0n) is 13.8. The molecule has 1 N–H and O–H groups in total. The molecule has 0 radical (unpaired) electrons. The lowest BCUT2D eigenvalue weighted by atomic mass is 10.0. The van der Waals surface area contributed by atoms with Gasteiger partial charge in [0.1, 0.15) is 10.7 Å². The van der Waals surface area contributed by atoms with Crippen LogP contribution in [-0.4, -0.2) is 9.97 Å². The van der Waals surface area contributed by atoms with E-state index in [1.54, 1.807) is 11.3 Å². The van der Waals surface area contributed by atoms with E-state index in [1.807, 2.05) is 62.4 Å². The number of hydrogen-bond donors (Lipinski definition) is 1. The van der Waals surface area contributed by atoms with Crippen molar-refractivity contribution in [3.63, 3.8) is 0 Å². The number of aromatic amines is 1. The first-order chi connectivity index (χ1) is 12.0. The van der Waals surface area contributed by atoms with E-state index in [9.17, 15) is 4.79 Å². The smallest absolute Gasteiger partial charge is 0.260 e. The summed E-state index contributed by atoms with van der Waals surface area (Å²) in [6, 6.07) is 15.5. The third kappa shape index (κ3) is 2.77. The lowest BCUT2D eigenvalue weighted by Crippen LogP contribution is -2.09. The predicted molar refractivity (Wildman–Crippen MR) is 106 cm³/mol. The van der Waals surface area contributed by atoms with Gasteiger partial charge in [0.05, 0.1) is 5.39 Å². The molecule has 2 heterocycles. The average molecular weight is 367 g/mol. The van der Waals surface area contributed by atoms with Gasteiger partial charge in [-0.15, -0.1) is 11.3 Å². The standard InChI is InChI=1S/C20H15ClN2OS/c1-11-5-3-4-6-15(11)18-22-19(24)17-16(12(2)25-20(17)23-18)13-7-9-14(21)10-8-13/h3-10H,1-2H3,(H,22,23,24). The Morgan fingerprint density at radius 3 is 2.48 bits per heavy atom. The van der Waals surface area contributed by atoms with Crippen molar-refractivity contribution in [1.29, 1.82) is 0 Å². The second kappa shape index (κ2) is 6.14. The Kier molecular flexibility index (Phi) is 3.94. The molecule has 25 heavy (non-hydrogen) atoms. The van der Waals surface area contributed by atoms with Crippen molar-refractivity contribution < 1.29 is 0 Å². The summed E-state index contributed by atoms with van der Waals surface area (Å²) < 4.78 is 0. The van der Waals surface area contributed by atoms with Crippen LogP contribution >= 0.6 is 22.9 Å². The number of nitrogens with zero attached hydrogens (tertiary/aromatic N) is 1. The molecule has 0 aliphatic rings. The summed E-state index contributed by atoms with van der Waals surface area (Å²) in [5.41, 5.74) is 3.82. The molecule has 4 aromatic rings. The molecule has 2 aromatic carbocycles. The van der Waals surface area contributed by atoms with Gasteiger partial charge in [0.25, 0.3) is 5.56 Å². The van der Waals surface area contributed by atoms with Crippen LogP contribution in [0.3, 0.4) is 0 Å². The topological polar surface area (TPSA) is 45.8 Å². The second-order valence-corrected chi connectivity index (χ2v) is 7.59. The van der Waals surface area contributed by atoms with E-state index in [0.717, 1.165) is 32.0 Å². The average Bonchev–Trinajstić information content (AvgIpc) is 2.92. The molecule has 5 heteroatoms. The van der Waals surface area contributed by atoms with Crippen LogP contribution < -0.4 is 5.56 Å². The van der Waals surface area contributed by atoms with Gasteiger partial charge in [0.2, 0.25) is 0 Å². The maximum absolute atomic E-state index is 12.8. The van der Waals surface area contributed by atoms with Crippen LogP contribution in [0.4, 0.5) is 0 Å². The highest BCUT2D eigenvalue weighted by atomic mass is 35.5. The quantitative estimate of drug-likeness (QED) is 0.502. The van der Waals surface area contributed by atoms with Crippen LogP contribution in [0.2, 0.25) is 5.02 Å². The minimum Gasteiger partial charge on any atom is -0.306 e. The summed E-state index contributed by atoms with van der Waals surface area (Å²) in [6.45, 7) is 4.03. The number of H-pyrrole nitrogens is 1. The second-order valence-electron chi connectivity index (χ2n) is 5.95. The molecule has 0 fully saturated rings. The third-order valence-corrected chi connectivity index (χ3v) is 5.52. The van der Waals surface area contributed by atoms with Gasteiger partial charge in [0.15, 0.2) is 0 Å². The molecule has 3 nitrogen and oxygen atoms in total. The molecule has 0 aliphatic heterocycles. The van der Waals surface area contributed by atoms with Crippen molar-refractivity contribution in [1.82, 2.24) is 9.97 Å². The molecule has 0 spiro atoms. The number of hydrogen-bond acceptors (Lipinski definition) is 3. The molecule has 0 aliphatic carbocycles. The number of rotatable bonds is 2. The Balaban J connectivity index is 1.97. The maximum atomic E-state index is 12.8. The van der Waals surface area contributed by atoms with Crippen LogP contribution in [0.25, 0.3) is 32.7 Å². The lowest BCUT2D eigenvalue weighted by Gasteiger charge is -2.05. The van der Waals surface area contributed by atoms with Gasteiger partial charge >= 0.3 is 0 Å². The first kappa shape index (κ1) is 16.1. The molecule has 0 bridgehead atoms. The molecule has 124 valence electrons. The van der Waals surface area contributed by atoms with Gasteiger partial charge in [-0.25, -0.2) is 4.98 Å². The zero-order chi connectivity index (χ0) is 17.6. The zero-order valence-corrected chi connectivity index (χ0v) is 15.3. The van der Waals surface area contributed by atoms with Crippen LogP contribution in [0.1, 0.15) is 10.4 Å². The predicted octanol–water partition coefficient (Wildman–Crippen LogP) is 5.59. The normalized spacial score (nSPS) is 11.2. The summed E-state index contributed by atoms with van der Waals surface area (Å²) in [5, 5.41) is 1.32. The Labute approximate surface area is 154 Å². The van der Waals surface area contributed by atoms with E-state index in [-0.39, 0.29) is 5.56 Å². The van der Waals surface area contributed by atoms with Crippen molar-refractivity contribution in [3.8, 4) is 22.5 Å². The Morgan fingerprint density at radius 1 is 1.04 bits per heavy atom. The van der Waals surface area contributed by atoms with Gasteiger partial charge in [-0.1, -0.05) is 48.0 Å². The van der Waals surface area contributed by atoms with E-state index in [2.05, 4.69) is 4.98 Å². The number of aryl methyl sites for hydroxylation is 2.